The number of carbonyl (C=O) groups excluding carboxylic acids is 1. The van der Waals surface area contributed by atoms with Crippen LogP contribution in [0.2, 0.25) is 0 Å². The van der Waals surface area contributed by atoms with Crippen LogP contribution in [-0.2, 0) is 14.6 Å². The maximum atomic E-state index is 12.1. The van der Waals surface area contributed by atoms with Crippen LogP contribution in [-0.4, -0.2) is 31.6 Å². The van der Waals surface area contributed by atoms with E-state index in [0.29, 0.717) is 13.0 Å². The molecule has 21 heavy (non-hydrogen) atoms. The van der Waals surface area contributed by atoms with Crippen LogP contribution in [0.1, 0.15) is 37.7 Å². The van der Waals surface area contributed by atoms with E-state index in [0.717, 1.165) is 31.2 Å². The molecule has 0 bridgehead atoms. The van der Waals surface area contributed by atoms with Crippen molar-refractivity contribution >= 4 is 15.7 Å². The highest BCUT2D eigenvalue weighted by Crippen LogP contribution is 2.24. The van der Waals surface area contributed by atoms with Crippen molar-refractivity contribution in [1.82, 2.24) is 10.3 Å². The summed E-state index contributed by atoms with van der Waals surface area (Å²) in [5.74, 6) is 0.201. The first-order valence-electron chi connectivity index (χ1n) is 7.42. The number of carbonyl (C=O) groups is 1. The Hall–Kier alpha value is -1.43. The molecule has 1 aromatic heterocycles. The number of amides is 1. The van der Waals surface area contributed by atoms with Crippen molar-refractivity contribution in [3.05, 3.63) is 23.9 Å². The Kier molecular flexibility index (Phi) is 5.33. The molecule has 0 aliphatic heterocycles. The molecule has 1 amide bonds. The Morgan fingerprint density at radius 2 is 2.05 bits per heavy atom. The number of aryl methyl sites for hydroxylation is 1. The molecule has 0 saturated heterocycles. The number of pyridine rings is 1. The van der Waals surface area contributed by atoms with Crippen molar-refractivity contribution in [2.24, 2.45) is 5.92 Å². The van der Waals surface area contributed by atoms with E-state index < -0.39 is 9.84 Å². The van der Waals surface area contributed by atoms with Gasteiger partial charge in [-0.3, -0.25) is 4.79 Å². The summed E-state index contributed by atoms with van der Waals surface area (Å²) in [6.07, 6.45) is 6.11. The van der Waals surface area contributed by atoms with Gasteiger partial charge in [0.1, 0.15) is 0 Å². The lowest BCUT2D eigenvalue weighted by molar-refractivity contribution is -0.124. The largest absolute Gasteiger partial charge is 0.356 e. The summed E-state index contributed by atoms with van der Waals surface area (Å²) >= 11 is 0. The summed E-state index contributed by atoms with van der Waals surface area (Å²) in [6, 6.07) is 3.27. The van der Waals surface area contributed by atoms with Crippen LogP contribution in [0.3, 0.4) is 0 Å². The predicted octanol–water partition coefficient (Wildman–Crippen LogP) is 1.86. The SMILES string of the molecule is Cc1ccc(S(=O)(=O)CCCNC(=O)C2CCCC2)nc1. The van der Waals surface area contributed by atoms with Gasteiger partial charge < -0.3 is 5.32 Å². The lowest BCUT2D eigenvalue weighted by Gasteiger charge is -2.10. The summed E-state index contributed by atoms with van der Waals surface area (Å²) in [5, 5.41) is 2.94. The van der Waals surface area contributed by atoms with Gasteiger partial charge in [-0.25, -0.2) is 13.4 Å². The Morgan fingerprint density at radius 3 is 2.67 bits per heavy atom. The summed E-state index contributed by atoms with van der Waals surface area (Å²) in [5.41, 5.74) is 0.928. The minimum Gasteiger partial charge on any atom is -0.356 e. The molecule has 2 rings (SSSR count). The molecule has 1 heterocycles. The van der Waals surface area contributed by atoms with E-state index in [2.05, 4.69) is 10.3 Å². The summed E-state index contributed by atoms with van der Waals surface area (Å²) in [7, 11) is -3.36. The quantitative estimate of drug-likeness (QED) is 0.814. The molecular formula is C15H22N2O3S. The molecule has 0 atom stereocenters. The van der Waals surface area contributed by atoms with Gasteiger partial charge in [-0.05, 0) is 37.8 Å². The van der Waals surface area contributed by atoms with E-state index in [1.165, 1.54) is 6.07 Å². The molecule has 0 spiro atoms. The molecule has 1 aromatic rings. The molecule has 0 aromatic carbocycles. The molecule has 1 aliphatic rings. The van der Waals surface area contributed by atoms with Gasteiger partial charge in [0.25, 0.3) is 0 Å². The number of sulfone groups is 1. The number of rotatable bonds is 6. The van der Waals surface area contributed by atoms with Gasteiger partial charge in [0.2, 0.25) is 5.91 Å². The van der Waals surface area contributed by atoms with Crippen LogP contribution >= 0.6 is 0 Å². The first-order chi connectivity index (χ1) is 9.99. The van der Waals surface area contributed by atoms with Crippen LogP contribution in [0.25, 0.3) is 0 Å². The molecule has 116 valence electrons. The van der Waals surface area contributed by atoms with Crippen LogP contribution in [0.4, 0.5) is 0 Å². The van der Waals surface area contributed by atoms with Gasteiger partial charge in [-0.1, -0.05) is 18.9 Å². The Labute approximate surface area is 126 Å². The molecule has 1 fully saturated rings. The average Bonchev–Trinajstić information content (AvgIpc) is 2.98. The van der Waals surface area contributed by atoms with Crippen molar-refractivity contribution in [2.75, 3.05) is 12.3 Å². The molecular weight excluding hydrogens is 288 g/mol. The maximum Gasteiger partial charge on any atom is 0.223 e. The van der Waals surface area contributed by atoms with E-state index >= 15 is 0 Å². The minimum absolute atomic E-state index is 0.00794. The fraction of sp³-hybridized carbons (Fsp3) is 0.600. The minimum atomic E-state index is -3.36. The molecule has 1 saturated carbocycles. The van der Waals surface area contributed by atoms with Crippen molar-refractivity contribution in [3.8, 4) is 0 Å². The van der Waals surface area contributed by atoms with Gasteiger partial charge in [-0.15, -0.1) is 0 Å². The third-order valence-electron chi connectivity index (χ3n) is 3.82. The standard InChI is InChI=1S/C15H22N2O3S/c1-12-7-8-14(17-11-12)21(19,20)10-4-9-16-15(18)13-5-2-3-6-13/h7-8,11,13H,2-6,9-10H2,1H3,(H,16,18). The van der Waals surface area contributed by atoms with E-state index in [4.69, 9.17) is 0 Å². The summed E-state index contributed by atoms with van der Waals surface area (Å²) in [4.78, 5) is 15.8. The first kappa shape index (κ1) is 15.9. The molecule has 1 aliphatic carbocycles. The van der Waals surface area contributed by atoms with Crippen LogP contribution in [0.5, 0.6) is 0 Å². The lowest BCUT2D eigenvalue weighted by Crippen LogP contribution is -2.31. The van der Waals surface area contributed by atoms with E-state index in [1.54, 1.807) is 12.3 Å². The van der Waals surface area contributed by atoms with Gasteiger partial charge in [-0.2, -0.15) is 0 Å². The first-order valence-corrected chi connectivity index (χ1v) is 9.07. The Balaban J connectivity index is 1.77. The fourth-order valence-electron chi connectivity index (χ4n) is 2.55. The number of hydrogen-bond acceptors (Lipinski definition) is 4. The number of hydrogen-bond donors (Lipinski definition) is 1. The topological polar surface area (TPSA) is 76.1 Å². The van der Waals surface area contributed by atoms with Crippen molar-refractivity contribution < 1.29 is 13.2 Å². The normalized spacial score (nSPS) is 16.0. The summed E-state index contributed by atoms with van der Waals surface area (Å²) in [6.45, 7) is 2.27. The van der Waals surface area contributed by atoms with Gasteiger partial charge in [0, 0.05) is 18.7 Å². The number of nitrogens with one attached hydrogen (secondary N) is 1. The molecule has 0 radical (unpaired) electrons. The smallest absolute Gasteiger partial charge is 0.223 e. The second kappa shape index (κ2) is 7.02. The van der Waals surface area contributed by atoms with Crippen molar-refractivity contribution in [3.63, 3.8) is 0 Å². The fourth-order valence-corrected chi connectivity index (χ4v) is 3.77. The van der Waals surface area contributed by atoms with E-state index in [1.807, 2.05) is 6.92 Å². The van der Waals surface area contributed by atoms with Gasteiger partial charge >= 0.3 is 0 Å². The summed E-state index contributed by atoms with van der Waals surface area (Å²) < 4.78 is 24.1. The highest BCUT2D eigenvalue weighted by atomic mass is 32.2. The van der Waals surface area contributed by atoms with Crippen LogP contribution in [0.15, 0.2) is 23.4 Å². The van der Waals surface area contributed by atoms with Crippen molar-refractivity contribution in [1.29, 1.82) is 0 Å². The van der Waals surface area contributed by atoms with Gasteiger partial charge in [0.05, 0.1) is 5.75 Å². The zero-order valence-electron chi connectivity index (χ0n) is 12.3. The number of nitrogens with zero attached hydrogens (tertiary/aromatic N) is 1. The van der Waals surface area contributed by atoms with Crippen molar-refractivity contribution in [2.45, 2.75) is 44.1 Å². The van der Waals surface area contributed by atoms with E-state index in [-0.39, 0.29) is 22.6 Å². The third kappa shape index (κ3) is 4.52. The lowest BCUT2D eigenvalue weighted by atomic mass is 10.1. The van der Waals surface area contributed by atoms with Crippen LogP contribution < -0.4 is 5.32 Å². The zero-order chi connectivity index (χ0) is 15.3. The predicted molar refractivity (Wildman–Crippen MR) is 80.6 cm³/mol. The second-order valence-electron chi connectivity index (χ2n) is 5.62. The number of aromatic nitrogens is 1. The second-order valence-corrected chi connectivity index (χ2v) is 7.67. The molecule has 1 N–H and O–H groups in total. The van der Waals surface area contributed by atoms with Crippen LogP contribution in [0, 0.1) is 12.8 Å². The molecule has 5 nitrogen and oxygen atoms in total. The monoisotopic (exact) mass is 310 g/mol. The van der Waals surface area contributed by atoms with E-state index in [9.17, 15) is 13.2 Å². The highest BCUT2D eigenvalue weighted by molar-refractivity contribution is 7.91. The third-order valence-corrected chi connectivity index (χ3v) is 5.52. The average molecular weight is 310 g/mol. The Bertz CT molecular complexity index is 575. The highest BCUT2D eigenvalue weighted by Gasteiger charge is 2.22. The molecule has 6 heteroatoms. The maximum absolute atomic E-state index is 12.1. The molecule has 0 unspecified atom stereocenters. The zero-order valence-corrected chi connectivity index (χ0v) is 13.2. The Morgan fingerprint density at radius 1 is 1.33 bits per heavy atom. The van der Waals surface area contributed by atoms with Gasteiger partial charge in [0.15, 0.2) is 14.9 Å².